The summed E-state index contributed by atoms with van der Waals surface area (Å²) in [6.45, 7) is -0.510. The monoisotopic (exact) mass is 281 g/mol. The number of ether oxygens (including phenoxy) is 1. The second kappa shape index (κ2) is 6.24. The van der Waals surface area contributed by atoms with Gasteiger partial charge in [-0.2, -0.15) is 8.57 Å². The summed E-state index contributed by atoms with van der Waals surface area (Å²) >= 11 is 0.0911. The van der Waals surface area contributed by atoms with Crippen molar-refractivity contribution in [2.45, 2.75) is 13.3 Å². The van der Waals surface area contributed by atoms with Gasteiger partial charge in [-0.05, 0) is 11.6 Å². The molecule has 0 aliphatic carbocycles. The van der Waals surface area contributed by atoms with Gasteiger partial charge >= 0.3 is 0 Å². The number of alkyl halides is 1. The summed E-state index contributed by atoms with van der Waals surface area (Å²) in [4.78, 5) is 0. The lowest BCUT2D eigenvalue weighted by atomic mass is 10.1. The molecule has 100 valence electrons. The normalized spacial score (nSPS) is 10.2. The smallest absolute Gasteiger partial charge is 0.233 e. The SMILES string of the molecule is Cn1ccc(OCc2c(CF)cccc2N=S=O)n1. The van der Waals surface area contributed by atoms with Gasteiger partial charge in [0.15, 0.2) is 0 Å². The van der Waals surface area contributed by atoms with Crippen LogP contribution in [0.5, 0.6) is 5.88 Å². The van der Waals surface area contributed by atoms with Gasteiger partial charge in [0, 0.05) is 24.9 Å². The number of benzene rings is 1. The number of hydrogen-bond acceptors (Lipinski definition) is 4. The third-order valence-electron chi connectivity index (χ3n) is 2.58. The van der Waals surface area contributed by atoms with E-state index in [2.05, 4.69) is 9.46 Å². The van der Waals surface area contributed by atoms with Crippen molar-refractivity contribution in [3.63, 3.8) is 0 Å². The summed E-state index contributed by atoms with van der Waals surface area (Å²) in [5.74, 6) is 0.442. The van der Waals surface area contributed by atoms with Crippen LogP contribution in [-0.2, 0) is 31.8 Å². The largest absolute Gasteiger partial charge is 0.472 e. The summed E-state index contributed by atoms with van der Waals surface area (Å²) in [5.41, 5.74) is 1.47. The van der Waals surface area contributed by atoms with Crippen LogP contribution in [0.3, 0.4) is 0 Å². The van der Waals surface area contributed by atoms with Crippen LogP contribution < -0.4 is 4.74 Å². The van der Waals surface area contributed by atoms with Crippen molar-refractivity contribution in [1.29, 1.82) is 0 Å². The Labute approximate surface area is 113 Å². The highest BCUT2D eigenvalue weighted by molar-refractivity contribution is 7.54. The van der Waals surface area contributed by atoms with E-state index < -0.39 is 6.67 Å². The van der Waals surface area contributed by atoms with Gasteiger partial charge in [-0.3, -0.25) is 4.68 Å². The van der Waals surface area contributed by atoms with E-state index in [-0.39, 0.29) is 18.1 Å². The molecular weight excluding hydrogens is 269 g/mol. The van der Waals surface area contributed by atoms with Gasteiger partial charge in [-0.15, -0.1) is 5.10 Å². The number of halogens is 1. The number of aromatic nitrogens is 2. The van der Waals surface area contributed by atoms with Crippen LogP contribution in [0.4, 0.5) is 10.1 Å². The molecule has 7 heteroatoms. The average Bonchev–Trinajstić information content (AvgIpc) is 2.83. The molecule has 0 atom stereocenters. The van der Waals surface area contributed by atoms with Crippen LogP contribution in [-0.4, -0.2) is 14.0 Å². The minimum Gasteiger partial charge on any atom is -0.472 e. The van der Waals surface area contributed by atoms with Gasteiger partial charge in [0.25, 0.3) is 0 Å². The van der Waals surface area contributed by atoms with Crippen molar-refractivity contribution in [3.8, 4) is 5.88 Å². The van der Waals surface area contributed by atoms with Crippen LogP contribution in [0, 0.1) is 0 Å². The Balaban J connectivity index is 2.24. The van der Waals surface area contributed by atoms with E-state index in [0.29, 0.717) is 22.7 Å². The van der Waals surface area contributed by atoms with Crippen molar-refractivity contribution in [2.24, 2.45) is 11.4 Å². The van der Waals surface area contributed by atoms with Crippen molar-refractivity contribution < 1.29 is 13.3 Å². The molecule has 2 rings (SSSR count). The molecule has 0 radical (unpaired) electrons. The average molecular weight is 281 g/mol. The molecule has 0 fully saturated rings. The molecule has 0 bridgehead atoms. The lowest BCUT2D eigenvalue weighted by molar-refractivity contribution is 0.288. The Kier molecular flexibility index (Phi) is 4.40. The molecule has 2 aromatic rings. The van der Waals surface area contributed by atoms with E-state index in [9.17, 15) is 8.60 Å². The molecule has 1 heterocycles. The van der Waals surface area contributed by atoms with E-state index in [1.54, 1.807) is 42.2 Å². The molecule has 0 saturated heterocycles. The highest BCUT2D eigenvalue weighted by Crippen LogP contribution is 2.25. The van der Waals surface area contributed by atoms with Crippen molar-refractivity contribution >= 4 is 17.2 Å². The van der Waals surface area contributed by atoms with E-state index in [0.717, 1.165) is 0 Å². The van der Waals surface area contributed by atoms with Crippen LogP contribution >= 0.6 is 0 Å². The fraction of sp³-hybridized carbons (Fsp3) is 0.250. The number of hydrogen-bond donors (Lipinski definition) is 0. The van der Waals surface area contributed by atoms with Crippen LogP contribution in [0.25, 0.3) is 0 Å². The van der Waals surface area contributed by atoms with Gasteiger partial charge in [0.05, 0.1) is 5.69 Å². The fourth-order valence-electron chi connectivity index (χ4n) is 1.66. The number of nitrogens with zero attached hydrogens (tertiary/aromatic N) is 3. The molecule has 0 amide bonds. The maximum absolute atomic E-state index is 12.9. The summed E-state index contributed by atoms with van der Waals surface area (Å²) in [6, 6.07) is 6.66. The van der Waals surface area contributed by atoms with E-state index in [1.807, 2.05) is 0 Å². The molecule has 0 aliphatic heterocycles. The molecule has 5 nitrogen and oxygen atoms in total. The zero-order valence-electron chi connectivity index (χ0n) is 10.2. The maximum Gasteiger partial charge on any atom is 0.233 e. The zero-order chi connectivity index (χ0) is 13.7. The molecule has 0 N–H and O–H groups in total. The van der Waals surface area contributed by atoms with E-state index in [4.69, 9.17) is 4.74 Å². The van der Waals surface area contributed by atoms with Crippen molar-refractivity contribution in [3.05, 3.63) is 41.6 Å². The molecule has 19 heavy (non-hydrogen) atoms. The van der Waals surface area contributed by atoms with Gasteiger partial charge in [0.1, 0.15) is 13.3 Å². The third-order valence-corrected chi connectivity index (χ3v) is 2.85. The maximum atomic E-state index is 12.9. The Bertz CT molecular complexity index is 623. The fourth-order valence-corrected chi connectivity index (χ4v) is 1.91. The Morgan fingerprint density at radius 3 is 2.95 bits per heavy atom. The van der Waals surface area contributed by atoms with Gasteiger partial charge < -0.3 is 4.74 Å². The molecule has 0 unspecified atom stereocenters. The summed E-state index contributed by atoms with van der Waals surface area (Å²) < 4.78 is 34.3. The topological polar surface area (TPSA) is 56.5 Å². The molecule has 0 saturated carbocycles. The Hall–Kier alpha value is -2.02. The summed E-state index contributed by atoms with van der Waals surface area (Å²) in [7, 11) is 1.78. The van der Waals surface area contributed by atoms with Crippen LogP contribution in [0.2, 0.25) is 0 Å². The molecule has 0 aliphatic rings. The molecule has 1 aromatic carbocycles. The lowest BCUT2D eigenvalue weighted by Crippen LogP contribution is -2.01. The first-order valence-corrected chi connectivity index (χ1v) is 6.23. The van der Waals surface area contributed by atoms with Crippen LogP contribution in [0.15, 0.2) is 34.8 Å². The highest BCUT2D eigenvalue weighted by Gasteiger charge is 2.09. The first kappa shape index (κ1) is 13.4. The summed E-state index contributed by atoms with van der Waals surface area (Å²) in [6.07, 6.45) is 1.75. The third kappa shape index (κ3) is 3.25. The lowest BCUT2D eigenvalue weighted by Gasteiger charge is -2.09. The second-order valence-electron chi connectivity index (χ2n) is 3.83. The van der Waals surface area contributed by atoms with Gasteiger partial charge in [-0.1, -0.05) is 12.1 Å². The predicted octanol–water partition coefficient (Wildman–Crippen LogP) is 2.50. The summed E-state index contributed by atoms with van der Waals surface area (Å²) in [5, 5.41) is 4.06. The molecule has 0 spiro atoms. The minimum absolute atomic E-state index is 0.0911. The highest BCUT2D eigenvalue weighted by atomic mass is 32.1. The number of rotatable bonds is 5. The quantitative estimate of drug-likeness (QED) is 0.846. The van der Waals surface area contributed by atoms with Gasteiger partial charge in [-0.25, -0.2) is 4.39 Å². The zero-order valence-corrected chi connectivity index (χ0v) is 11.1. The molecular formula is C12H12FN3O2S. The standard InChI is InChI=1S/C12H12FN3O2S/c1-16-6-5-12(14-16)18-8-10-9(7-13)3-2-4-11(10)15-19-17/h2-6H,7-8H2,1H3. The first-order valence-electron chi connectivity index (χ1n) is 5.54. The van der Waals surface area contributed by atoms with Crippen molar-refractivity contribution in [1.82, 2.24) is 9.78 Å². The van der Waals surface area contributed by atoms with Crippen LogP contribution in [0.1, 0.15) is 11.1 Å². The van der Waals surface area contributed by atoms with Gasteiger partial charge in [0.2, 0.25) is 17.3 Å². The predicted molar refractivity (Wildman–Crippen MR) is 69.0 cm³/mol. The Morgan fingerprint density at radius 2 is 2.32 bits per heavy atom. The first-order chi connectivity index (χ1) is 9.24. The second-order valence-corrected chi connectivity index (χ2v) is 4.16. The van der Waals surface area contributed by atoms with Crippen molar-refractivity contribution in [2.75, 3.05) is 0 Å². The van der Waals surface area contributed by atoms with E-state index in [1.165, 1.54) is 0 Å². The molecule has 1 aromatic heterocycles. The Morgan fingerprint density at radius 1 is 1.47 bits per heavy atom. The number of aryl methyl sites for hydroxylation is 1. The van der Waals surface area contributed by atoms with E-state index >= 15 is 0 Å². The minimum atomic E-state index is -0.631.